The molecular weight excluding hydrogens is 140 g/mol. The molecule has 0 spiro atoms. The first-order valence-electron chi connectivity index (χ1n) is 3.88. The predicted octanol–water partition coefficient (Wildman–Crippen LogP) is 0.688. The van der Waals surface area contributed by atoms with Crippen LogP contribution in [0.1, 0.15) is 20.3 Å². The van der Waals surface area contributed by atoms with E-state index in [2.05, 4.69) is 17.1 Å². The van der Waals surface area contributed by atoms with E-state index in [-0.39, 0.29) is 5.78 Å². The topological polar surface area (TPSA) is 32.3 Å². The summed E-state index contributed by atoms with van der Waals surface area (Å²) in [5.74, 6) is 0.248. The summed E-state index contributed by atoms with van der Waals surface area (Å²) >= 11 is 0. The van der Waals surface area contributed by atoms with Gasteiger partial charge in [0.05, 0.1) is 6.17 Å². The molecule has 0 radical (unpaired) electrons. The lowest BCUT2D eigenvalue weighted by molar-refractivity contribution is -0.117. The highest BCUT2D eigenvalue weighted by atomic mass is 16.1. The molecule has 1 rings (SSSR count). The number of carbonyl (C=O) groups excluding carboxylic acids is 1. The van der Waals surface area contributed by atoms with Crippen molar-refractivity contribution in [2.75, 3.05) is 6.54 Å². The largest absolute Gasteiger partial charge is 0.370 e. The van der Waals surface area contributed by atoms with Crippen molar-refractivity contribution < 1.29 is 4.79 Å². The highest BCUT2D eigenvalue weighted by Gasteiger charge is 2.12. The van der Waals surface area contributed by atoms with E-state index in [0.717, 1.165) is 6.54 Å². The molecule has 1 N–H and O–H groups in total. The zero-order chi connectivity index (χ0) is 8.27. The Kier molecular flexibility index (Phi) is 2.52. The van der Waals surface area contributed by atoms with E-state index in [0.29, 0.717) is 12.6 Å². The lowest BCUT2D eigenvalue weighted by Gasteiger charge is -2.20. The number of rotatable bonds is 3. The summed E-state index contributed by atoms with van der Waals surface area (Å²) in [7, 11) is 0. The maximum Gasteiger partial charge on any atom is 0.131 e. The standard InChI is InChI=1S/C8H14N2O/c1-7(11)3-5-10-6-4-9-8(10)2/h4,6,8-9H,3,5H2,1-2H3. The summed E-state index contributed by atoms with van der Waals surface area (Å²) < 4.78 is 0. The predicted molar refractivity (Wildman–Crippen MR) is 43.7 cm³/mol. The van der Waals surface area contributed by atoms with Gasteiger partial charge in [0.25, 0.3) is 0 Å². The molecule has 1 aliphatic heterocycles. The number of carbonyl (C=O) groups is 1. The summed E-state index contributed by atoms with van der Waals surface area (Å²) in [6, 6.07) is 0. The van der Waals surface area contributed by atoms with Crippen LogP contribution in [0, 0.1) is 0 Å². The van der Waals surface area contributed by atoms with E-state index in [9.17, 15) is 4.79 Å². The summed E-state index contributed by atoms with van der Waals surface area (Å²) in [5, 5.41) is 3.13. The minimum absolute atomic E-state index is 0.248. The van der Waals surface area contributed by atoms with Crippen molar-refractivity contribution in [2.24, 2.45) is 0 Å². The molecule has 0 bridgehead atoms. The minimum Gasteiger partial charge on any atom is -0.370 e. The molecule has 3 heteroatoms. The Hall–Kier alpha value is -0.990. The molecule has 0 aromatic carbocycles. The average molecular weight is 154 g/mol. The third kappa shape index (κ3) is 2.26. The van der Waals surface area contributed by atoms with Gasteiger partial charge >= 0.3 is 0 Å². The first-order chi connectivity index (χ1) is 5.20. The first-order valence-corrected chi connectivity index (χ1v) is 3.88. The van der Waals surface area contributed by atoms with E-state index < -0.39 is 0 Å². The molecule has 0 aromatic heterocycles. The molecule has 0 aliphatic carbocycles. The number of nitrogens with one attached hydrogen (secondary N) is 1. The third-order valence-corrected chi connectivity index (χ3v) is 1.82. The van der Waals surface area contributed by atoms with E-state index in [1.165, 1.54) is 0 Å². The summed E-state index contributed by atoms with van der Waals surface area (Å²) in [6.45, 7) is 4.51. The van der Waals surface area contributed by atoms with Crippen LogP contribution in [-0.2, 0) is 4.79 Å². The van der Waals surface area contributed by atoms with E-state index in [4.69, 9.17) is 0 Å². The molecule has 0 fully saturated rings. The molecule has 0 aromatic rings. The number of Topliss-reactive ketones (excluding diaryl/α,β-unsaturated/α-hetero) is 1. The Labute approximate surface area is 67.1 Å². The molecule has 1 unspecified atom stereocenters. The van der Waals surface area contributed by atoms with Gasteiger partial charge in [0.1, 0.15) is 5.78 Å². The van der Waals surface area contributed by atoms with Crippen molar-refractivity contribution in [3.8, 4) is 0 Å². The van der Waals surface area contributed by atoms with Gasteiger partial charge in [-0.15, -0.1) is 0 Å². The second-order valence-electron chi connectivity index (χ2n) is 2.85. The zero-order valence-corrected chi connectivity index (χ0v) is 7.00. The third-order valence-electron chi connectivity index (χ3n) is 1.82. The van der Waals surface area contributed by atoms with Crippen LogP contribution in [0.2, 0.25) is 0 Å². The van der Waals surface area contributed by atoms with Gasteiger partial charge in [0.15, 0.2) is 0 Å². The van der Waals surface area contributed by atoms with Crippen molar-refractivity contribution in [1.82, 2.24) is 10.2 Å². The summed E-state index contributed by atoms with van der Waals surface area (Å²) in [6.07, 6.45) is 4.86. The van der Waals surface area contributed by atoms with Gasteiger partial charge in [-0.2, -0.15) is 0 Å². The van der Waals surface area contributed by atoms with Crippen molar-refractivity contribution in [2.45, 2.75) is 26.4 Å². The smallest absolute Gasteiger partial charge is 0.131 e. The van der Waals surface area contributed by atoms with Crippen LogP contribution < -0.4 is 5.32 Å². The maximum atomic E-state index is 10.6. The van der Waals surface area contributed by atoms with Crippen molar-refractivity contribution in [3.63, 3.8) is 0 Å². The molecule has 1 aliphatic rings. The summed E-state index contributed by atoms with van der Waals surface area (Å²) in [5.41, 5.74) is 0. The van der Waals surface area contributed by atoms with Gasteiger partial charge in [-0.25, -0.2) is 0 Å². The Morgan fingerprint density at radius 2 is 2.45 bits per heavy atom. The Morgan fingerprint density at radius 3 is 2.91 bits per heavy atom. The van der Waals surface area contributed by atoms with Gasteiger partial charge in [0, 0.05) is 25.4 Å². The maximum absolute atomic E-state index is 10.6. The molecule has 0 amide bonds. The second kappa shape index (κ2) is 3.42. The van der Waals surface area contributed by atoms with Gasteiger partial charge < -0.3 is 10.2 Å². The molecule has 0 saturated carbocycles. The summed E-state index contributed by atoms with van der Waals surface area (Å²) in [4.78, 5) is 12.7. The van der Waals surface area contributed by atoms with Crippen molar-refractivity contribution in [3.05, 3.63) is 12.4 Å². The number of hydrogen-bond acceptors (Lipinski definition) is 3. The fourth-order valence-electron chi connectivity index (χ4n) is 1.06. The monoisotopic (exact) mass is 154 g/mol. The Morgan fingerprint density at radius 1 is 1.73 bits per heavy atom. The lowest BCUT2D eigenvalue weighted by Crippen LogP contribution is -2.33. The fraction of sp³-hybridized carbons (Fsp3) is 0.625. The number of nitrogens with zero attached hydrogens (tertiary/aromatic N) is 1. The Bertz CT molecular complexity index is 177. The molecule has 1 atom stereocenters. The molecule has 3 nitrogen and oxygen atoms in total. The van der Waals surface area contributed by atoms with Crippen LogP contribution in [0.5, 0.6) is 0 Å². The average Bonchev–Trinajstić information content (AvgIpc) is 2.31. The molecule has 11 heavy (non-hydrogen) atoms. The second-order valence-corrected chi connectivity index (χ2v) is 2.85. The van der Waals surface area contributed by atoms with Crippen LogP contribution >= 0.6 is 0 Å². The highest BCUT2D eigenvalue weighted by molar-refractivity contribution is 5.75. The fourth-order valence-corrected chi connectivity index (χ4v) is 1.06. The van der Waals surface area contributed by atoms with Crippen molar-refractivity contribution >= 4 is 5.78 Å². The Balaban J connectivity index is 2.26. The van der Waals surface area contributed by atoms with Gasteiger partial charge in [-0.1, -0.05) is 0 Å². The van der Waals surface area contributed by atoms with Gasteiger partial charge in [-0.3, -0.25) is 4.79 Å². The highest BCUT2D eigenvalue weighted by Crippen LogP contribution is 2.04. The van der Waals surface area contributed by atoms with Crippen LogP contribution in [0.15, 0.2) is 12.4 Å². The molecular formula is C8H14N2O. The van der Waals surface area contributed by atoms with Gasteiger partial charge in [-0.05, 0) is 13.8 Å². The van der Waals surface area contributed by atoms with E-state index in [1.54, 1.807) is 6.92 Å². The first kappa shape index (κ1) is 8.11. The normalized spacial score (nSPS) is 22.0. The zero-order valence-electron chi connectivity index (χ0n) is 7.00. The lowest BCUT2D eigenvalue weighted by atomic mass is 10.3. The van der Waals surface area contributed by atoms with Crippen LogP contribution in [0.25, 0.3) is 0 Å². The quantitative estimate of drug-likeness (QED) is 0.649. The van der Waals surface area contributed by atoms with Gasteiger partial charge in [0.2, 0.25) is 0 Å². The minimum atomic E-state index is 0.248. The molecule has 1 heterocycles. The number of hydrogen-bond donors (Lipinski definition) is 1. The molecule has 0 saturated heterocycles. The van der Waals surface area contributed by atoms with Crippen molar-refractivity contribution in [1.29, 1.82) is 0 Å². The molecule has 62 valence electrons. The van der Waals surface area contributed by atoms with Crippen LogP contribution in [0.3, 0.4) is 0 Å². The van der Waals surface area contributed by atoms with E-state index in [1.807, 2.05) is 12.4 Å². The van der Waals surface area contributed by atoms with E-state index >= 15 is 0 Å². The SMILES string of the molecule is CC(=O)CCN1C=CNC1C. The number of ketones is 1. The van der Waals surface area contributed by atoms with Crippen LogP contribution in [0.4, 0.5) is 0 Å². The van der Waals surface area contributed by atoms with Crippen LogP contribution in [-0.4, -0.2) is 23.4 Å².